The highest BCUT2D eigenvalue weighted by Crippen LogP contribution is 2.21. The van der Waals surface area contributed by atoms with E-state index in [4.69, 9.17) is 0 Å². The summed E-state index contributed by atoms with van der Waals surface area (Å²) in [6.45, 7) is 4.78. The van der Waals surface area contributed by atoms with Crippen molar-refractivity contribution in [1.82, 2.24) is 5.32 Å². The van der Waals surface area contributed by atoms with E-state index in [0.29, 0.717) is 6.54 Å². The third kappa shape index (κ3) is 3.07. The number of carbonyl (C=O) groups is 1. The second-order valence-corrected chi connectivity index (χ2v) is 4.31. The molecule has 1 N–H and O–H groups in total. The average molecular weight is 209 g/mol. The van der Waals surface area contributed by atoms with E-state index >= 15 is 0 Å². The van der Waals surface area contributed by atoms with Gasteiger partial charge < -0.3 is 5.32 Å². The molecule has 0 heterocycles. The number of rotatable bonds is 3. The van der Waals surface area contributed by atoms with Crippen molar-refractivity contribution in [3.05, 3.63) is 35.9 Å². The van der Waals surface area contributed by atoms with E-state index in [2.05, 4.69) is 43.9 Å². The third-order valence-electron chi connectivity index (χ3n) is 2.24. The highest BCUT2D eigenvalue weighted by molar-refractivity contribution is 7.96. The fourth-order valence-corrected chi connectivity index (χ4v) is 1.37. The number of hydrogen-bond acceptors (Lipinski definition) is 1. The van der Waals surface area contributed by atoms with Gasteiger partial charge in [0.25, 0.3) is 5.24 Å². The molecule has 0 aliphatic heterocycles. The van der Waals surface area contributed by atoms with Gasteiger partial charge in [0.15, 0.2) is 0 Å². The maximum absolute atomic E-state index is 10.7. The zero-order valence-corrected chi connectivity index (χ0v) is 9.34. The number of benzene rings is 1. The van der Waals surface area contributed by atoms with E-state index in [1.165, 1.54) is 5.56 Å². The third-order valence-corrected chi connectivity index (χ3v) is 2.39. The quantitative estimate of drug-likeness (QED) is 0.736. The summed E-state index contributed by atoms with van der Waals surface area (Å²) in [6.07, 6.45) is 0. The molecule has 14 heavy (non-hydrogen) atoms. The van der Waals surface area contributed by atoms with Crippen molar-refractivity contribution < 1.29 is 4.79 Å². The largest absolute Gasteiger partial charge is 0.346 e. The molecule has 1 aromatic rings. The molecule has 1 aromatic carbocycles. The van der Waals surface area contributed by atoms with E-state index < -0.39 is 0 Å². The van der Waals surface area contributed by atoms with E-state index in [-0.39, 0.29) is 10.7 Å². The second-order valence-electron chi connectivity index (χ2n) is 3.91. The summed E-state index contributed by atoms with van der Waals surface area (Å²) in [5.74, 6) is 0. The minimum absolute atomic E-state index is 0.0559. The topological polar surface area (TPSA) is 29.1 Å². The summed E-state index contributed by atoms with van der Waals surface area (Å²) >= 11 is 3.67. The predicted molar refractivity (Wildman–Crippen MR) is 61.9 cm³/mol. The van der Waals surface area contributed by atoms with Crippen molar-refractivity contribution in [3.63, 3.8) is 0 Å². The molecule has 0 radical (unpaired) electrons. The maximum atomic E-state index is 10.7. The van der Waals surface area contributed by atoms with Crippen LogP contribution in [0.3, 0.4) is 0 Å². The van der Waals surface area contributed by atoms with Crippen molar-refractivity contribution in [2.75, 3.05) is 6.54 Å². The lowest BCUT2D eigenvalue weighted by atomic mass is 9.85. The average Bonchev–Trinajstić information content (AvgIpc) is 2.16. The second kappa shape index (κ2) is 4.51. The van der Waals surface area contributed by atoms with Crippen LogP contribution in [0.4, 0.5) is 4.79 Å². The Hall–Kier alpha value is -0.960. The fraction of sp³-hybridized carbons (Fsp3) is 0.364. The first-order valence-corrected chi connectivity index (χ1v) is 4.99. The van der Waals surface area contributed by atoms with Crippen LogP contribution in [0.5, 0.6) is 0 Å². The van der Waals surface area contributed by atoms with Crippen LogP contribution in [-0.4, -0.2) is 11.8 Å². The molecule has 1 amide bonds. The Labute approximate surface area is 90.1 Å². The number of carbonyl (C=O) groups excluding carboxylic acids is 1. The van der Waals surface area contributed by atoms with Crippen molar-refractivity contribution in [2.24, 2.45) is 0 Å². The van der Waals surface area contributed by atoms with Gasteiger partial charge in [-0.15, -0.1) is 0 Å². The summed E-state index contributed by atoms with van der Waals surface area (Å²) in [5.41, 5.74) is 1.15. The van der Waals surface area contributed by atoms with Crippen molar-refractivity contribution in [2.45, 2.75) is 19.3 Å². The van der Waals surface area contributed by atoms with Gasteiger partial charge in [0.1, 0.15) is 0 Å². The molecule has 1 rings (SSSR count). The Morgan fingerprint density at radius 3 is 2.43 bits per heavy atom. The first-order chi connectivity index (χ1) is 6.52. The molecule has 0 unspecified atom stereocenters. The summed E-state index contributed by atoms with van der Waals surface area (Å²) < 4.78 is 0. The molecule has 0 aliphatic carbocycles. The molecule has 0 aliphatic rings. The SMILES string of the molecule is CC(C)(CNC(=O)S)c1ccccc1. The lowest BCUT2D eigenvalue weighted by Crippen LogP contribution is -2.34. The molecule has 0 atom stereocenters. The van der Waals surface area contributed by atoms with E-state index in [1.807, 2.05) is 18.2 Å². The Bertz CT molecular complexity index is 308. The molecule has 0 aromatic heterocycles. The molecular weight excluding hydrogens is 194 g/mol. The zero-order chi connectivity index (χ0) is 10.6. The van der Waals surface area contributed by atoms with Crippen molar-refractivity contribution >= 4 is 17.9 Å². The smallest absolute Gasteiger partial charge is 0.276 e. The molecule has 0 fully saturated rings. The van der Waals surface area contributed by atoms with Gasteiger partial charge in [-0.1, -0.05) is 56.8 Å². The van der Waals surface area contributed by atoms with Gasteiger partial charge in [0.2, 0.25) is 0 Å². The van der Waals surface area contributed by atoms with Gasteiger partial charge in [-0.3, -0.25) is 4.79 Å². The van der Waals surface area contributed by atoms with Crippen molar-refractivity contribution in [1.29, 1.82) is 0 Å². The highest BCUT2D eigenvalue weighted by Gasteiger charge is 2.20. The molecule has 0 saturated carbocycles. The Balaban J connectivity index is 2.70. The van der Waals surface area contributed by atoms with Crippen LogP contribution < -0.4 is 5.32 Å². The Morgan fingerprint density at radius 2 is 1.93 bits per heavy atom. The monoisotopic (exact) mass is 209 g/mol. The molecule has 2 nitrogen and oxygen atoms in total. The van der Waals surface area contributed by atoms with E-state index in [0.717, 1.165) is 0 Å². The van der Waals surface area contributed by atoms with E-state index in [9.17, 15) is 4.79 Å². The van der Waals surface area contributed by atoms with Crippen LogP contribution in [0.25, 0.3) is 0 Å². The van der Waals surface area contributed by atoms with Gasteiger partial charge >= 0.3 is 0 Å². The van der Waals surface area contributed by atoms with Crippen LogP contribution in [0.1, 0.15) is 19.4 Å². The predicted octanol–water partition coefficient (Wildman–Crippen LogP) is 2.60. The van der Waals surface area contributed by atoms with Gasteiger partial charge in [0.05, 0.1) is 0 Å². The molecule has 76 valence electrons. The minimum atomic E-state index is -0.283. The zero-order valence-electron chi connectivity index (χ0n) is 8.45. The number of nitrogens with one attached hydrogen (secondary N) is 1. The van der Waals surface area contributed by atoms with E-state index in [1.54, 1.807) is 0 Å². The van der Waals surface area contributed by atoms with Gasteiger partial charge in [-0.05, 0) is 5.56 Å². The normalized spacial score (nSPS) is 11.1. The molecule has 0 bridgehead atoms. The van der Waals surface area contributed by atoms with Gasteiger partial charge in [0, 0.05) is 12.0 Å². The Morgan fingerprint density at radius 1 is 1.36 bits per heavy atom. The standard InChI is InChI=1S/C11H15NOS/c1-11(2,8-12-10(13)14)9-6-4-3-5-7-9/h3-7H,8H2,1-2H3,(H2,12,13,14). The van der Waals surface area contributed by atoms with Crippen LogP contribution in [0.15, 0.2) is 30.3 Å². The van der Waals surface area contributed by atoms with Crippen molar-refractivity contribution in [3.8, 4) is 0 Å². The van der Waals surface area contributed by atoms with Crippen LogP contribution in [-0.2, 0) is 5.41 Å². The summed E-state index contributed by atoms with van der Waals surface area (Å²) in [6, 6.07) is 10.1. The highest BCUT2D eigenvalue weighted by atomic mass is 32.1. The summed E-state index contributed by atoms with van der Waals surface area (Å²) in [7, 11) is 0. The molecule has 3 heteroatoms. The Kier molecular flexibility index (Phi) is 3.58. The maximum Gasteiger partial charge on any atom is 0.276 e. The first kappa shape index (κ1) is 11.1. The minimum Gasteiger partial charge on any atom is -0.346 e. The fourth-order valence-electron chi connectivity index (χ4n) is 1.29. The van der Waals surface area contributed by atoms with Crippen LogP contribution in [0, 0.1) is 0 Å². The molecular formula is C11H15NOS. The summed E-state index contributed by atoms with van der Waals surface area (Å²) in [5, 5.41) is 2.43. The number of thiol groups is 1. The lowest BCUT2D eigenvalue weighted by molar-refractivity contribution is 0.259. The lowest BCUT2D eigenvalue weighted by Gasteiger charge is -2.25. The first-order valence-electron chi connectivity index (χ1n) is 4.55. The number of hydrogen-bond donors (Lipinski definition) is 2. The van der Waals surface area contributed by atoms with Gasteiger partial charge in [-0.25, -0.2) is 0 Å². The van der Waals surface area contributed by atoms with Gasteiger partial charge in [-0.2, -0.15) is 0 Å². The summed E-state index contributed by atoms with van der Waals surface area (Å²) in [4.78, 5) is 10.7. The molecule has 0 spiro atoms. The van der Waals surface area contributed by atoms with Crippen LogP contribution in [0.2, 0.25) is 0 Å². The molecule has 0 saturated heterocycles. The number of amides is 1. The van der Waals surface area contributed by atoms with Crippen LogP contribution >= 0.6 is 12.6 Å².